The van der Waals surface area contributed by atoms with Crippen LogP contribution in [0.25, 0.3) is 6.08 Å². The Morgan fingerprint density at radius 1 is 1.00 bits per heavy atom. The van der Waals surface area contributed by atoms with Gasteiger partial charge in [-0.3, -0.25) is 4.79 Å². The molecule has 0 unspecified atom stereocenters. The summed E-state index contributed by atoms with van der Waals surface area (Å²) in [5.41, 5.74) is 4.68. The number of carbonyl (C=O) groups is 1. The molecule has 0 aliphatic carbocycles. The lowest BCUT2D eigenvalue weighted by Gasteiger charge is -2.33. The second-order valence-electron chi connectivity index (χ2n) is 6.56. The minimum absolute atomic E-state index is 0.0695. The van der Waals surface area contributed by atoms with Crippen molar-refractivity contribution in [3.8, 4) is 5.75 Å². The molecule has 2 aromatic carbocycles. The number of hydrogen-bond donors (Lipinski definition) is 1. The van der Waals surface area contributed by atoms with E-state index in [-0.39, 0.29) is 11.2 Å². The molecule has 0 aromatic heterocycles. The molecule has 2 nitrogen and oxygen atoms in total. The first kappa shape index (κ1) is 19.0. The largest absolute Gasteiger partial charge is 0.508 e. The van der Waals surface area contributed by atoms with Gasteiger partial charge in [-0.15, -0.1) is 0 Å². The number of carbonyl (C=O) groups excluding carboxylic acids is 1. The molecule has 2 rings (SSSR count). The molecule has 0 bridgehead atoms. The van der Waals surface area contributed by atoms with Gasteiger partial charge in [0.25, 0.3) is 0 Å². The van der Waals surface area contributed by atoms with Crippen molar-refractivity contribution in [2.75, 3.05) is 0 Å². The van der Waals surface area contributed by atoms with E-state index in [0.717, 1.165) is 18.4 Å². The first-order valence-electron chi connectivity index (χ1n) is 9.08. The molecule has 0 radical (unpaired) electrons. The molecule has 0 aliphatic rings. The molecule has 2 heteroatoms. The van der Waals surface area contributed by atoms with Gasteiger partial charge >= 0.3 is 0 Å². The lowest BCUT2D eigenvalue weighted by molar-refractivity contribution is -0.114. The van der Waals surface area contributed by atoms with Crippen LogP contribution >= 0.6 is 0 Å². The molecule has 0 amide bonds. The van der Waals surface area contributed by atoms with Crippen LogP contribution < -0.4 is 0 Å². The number of aromatic hydroxyl groups is 1. The van der Waals surface area contributed by atoms with Crippen LogP contribution in [-0.2, 0) is 10.2 Å². The maximum absolute atomic E-state index is 11.5. The second-order valence-corrected chi connectivity index (χ2v) is 6.56. The van der Waals surface area contributed by atoms with Crippen molar-refractivity contribution in [1.82, 2.24) is 0 Å². The maximum atomic E-state index is 11.5. The smallest absolute Gasteiger partial charge is 0.155 e. The van der Waals surface area contributed by atoms with E-state index in [2.05, 4.69) is 39.0 Å². The number of phenolic OH excluding ortho intramolecular Hbond substituents is 1. The first-order valence-corrected chi connectivity index (χ1v) is 9.08. The summed E-state index contributed by atoms with van der Waals surface area (Å²) in [6.45, 7) is 8.38. The predicted molar refractivity (Wildman–Crippen MR) is 105 cm³/mol. The Morgan fingerprint density at radius 2 is 1.60 bits per heavy atom. The number of hydrogen-bond acceptors (Lipinski definition) is 2. The monoisotopic (exact) mass is 336 g/mol. The fourth-order valence-corrected chi connectivity index (χ4v) is 3.47. The summed E-state index contributed by atoms with van der Waals surface area (Å²) < 4.78 is 0. The summed E-state index contributed by atoms with van der Waals surface area (Å²) in [7, 11) is 0. The predicted octanol–water partition coefficient (Wildman–Crippen LogP) is 5.80. The summed E-state index contributed by atoms with van der Waals surface area (Å²) in [5, 5.41) is 9.61. The van der Waals surface area contributed by atoms with Gasteiger partial charge < -0.3 is 5.11 Å². The van der Waals surface area contributed by atoms with Gasteiger partial charge in [0.15, 0.2) is 5.78 Å². The van der Waals surface area contributed by atoms with E-state index in [9.17, 15) is 9.90 Å². The summed E-state index contributed by atoms with van der Waals surface area (Å²) in [4.78, 5) is 11.5. The molecular weight excluding hydrogens is 308 g/mol. The van der Waals surface area contributed by atoms with Gasteiger partial charge in [0.2, 0.25) is 0 Å². The third-order valence-electron chi connectivity index (χ3n) is 5.25. The second kappa shape index (κ2) is 8.15. The van der Waals surface area contributed by atoms with Crippen LogP contribution in [0.4, 0.5) is 0 Å². The minimum Gasteiger partial charge on any atom is -0.508 e. The Balaban J connectivity index is 2.46. The molecule has 0 saturated carbocycles. The number of rotatable bonds is 7. The molecular formula is C23H28O2. The number of benzene rings is 2. The van der Waals surface area contributed by atoms with Crippen LogP contribution in [0.5, 0.6) is 5.75 Å². The number of allylic oxidation sites excluding steroid dienone is 1. The Labute approximate surface area is 151 Å². The van der Waals surface area contributed by atoms with Crippen molar-refractivity contribution in [3.05, 3.63) is 70.8 Å². The Hall–Kier alpha value is -2.35. The highest BCUT2D eigenvalue weighted by Crippen LogP contribution is 2.40. The van der Waals surface area contributed by atoms with Crippen LogP contribution in [0.15, 0.2) is 48.5 Å². The van der Waals surface area contributed by atoms with Gasteiger partial charge in [0.05, 0.1) is 0 Å². The molecule has 0 fully saturated rings. The fourth-order valence-electron chi connectivity index (χ4n) is 3.47. The molecule has 0 saturated heterocycles. The molecule has 0 atom stereocenters. The highest BCUT2D eigenvalue weighted by atomic mass is 16.3. The van der Waals surface area contributed by atoms with E-state index in [0.29, 0.717) is 12.2 Å². The van der Waals surface area contributed by atoms with Crippen LogP contribution in [0, 0.1) is 6.92 Å². The first-order chi connectivity index (χ1) is 12.0. The Bertz CT molecular complexity index is 750. The summed E-state index contributed by atoms with van der Waals surface area (Å²) in [6, 6.07) is 14.1. The zero-order chi connectivity index (χ0) is 18.4. The summed E-state index contributed by atoms with van der Waals surface area (Å²) in [5.74, 6) is 0.436. The standard InChI is InChI=1S/C23H28O2/c1-5-21(24)13-9-18-8-10-20(16-17(18)4)23(6-2,7-3)19-11-14-22(25)15-12-19/h8-16,25H,5-7H2,1-4H3/b13-9+. The van der Waals surface area contributed by atoms with Gasteiger partial charge in [-0.1, -0.05) is 57.2 Å². The number of ketones is 1. The van der Waals surface area contributed by atoms with Gasteiger partial charge in [0.1, 0.15) is 5.75 Å². The van der Waals surface area contributed by atoms with Crippen LogP contribution in [-0.4, -0.2) is 10.9 Å². The van der Waals surface area contributed by atoms with Crippen molar-refractivity contribution >= 4 is 11.9 Å². The molecule has 132 valence electrons. The van der Waals surface area contributed by atoms with E-state index in [1.807, 2.05) is 25.1 Å². The quantitative estimate of drug-likeness (QED) is 0.649. The van der Waals surface area contributed by atoms with E-state index < -0.39 is 0 Å². The van der Waals surface area contributed by atoms with Crippen molar-refractivity contribution < 1.29 is 9.90 Å². The average Bonchev–Trinajstić information content (AvgIpc) is 2.63. The van der Waals surface area contributed by atoms with Gasteiger partial charge in [-0.25, -0.2) is 0 Å². The van der Waals surface area contributed by atoms with Gasteiger partial charge in [0, 0.05) is 11.8 Å². The minimum atomic E-state index is -0.0695. The molecule has 25 heavy (non-hydrogen) atoms. The molecule has 1 N–H and O–H groups in total. The van der Waals surface area contributed by atoms with E-state index in [1.165, 1.54) is 16.7 Å². The Kier molecular flexibility index (Phi) is 6.19. The summed E-state index contributed by atoms with van der Waals surface area (Å²) >= 11 is 0. The van der Waals surface area contributed by atoms with Crippen molar-refractivity contribution in [3.63, 3.8) is 0 Å². The maximum Gasteiger partial charge on any atom is 0.155 e. The molecule has 2 aromatic rings. The number of aryl methyl sites for hydroxylation is 1. The zero-order valence-corrected chi connectivity index (χ0v) is 15.7. The average molecular weight is 336 g/mol. The van der Waals surface area contributed by atoms with E-state index in [1.54, 1.807) is 18.2 Å². The molecule has 0 spiro atoms. The summed E-state index contributed by atoms with van der Waals surface area (Å²) in [6.07, 6.45) is 6.07. The van der Waals surface area contributed by atoms with Crippen LogP contribution in [0.2, 0.25) is 0 Å². The van der Waals surface area contributed by atoms with Crippen molar-refractivity contribution in [2.24, 2.45) is 0 Å². The normalized spacial score (nSPS) is 11.8. The molecule has 0 heterocycles. The lowest BCUT2D eigenvalue weighted by Crippen LogP contribution is -2.26. The van der Waals surface area contributed by atoms with Gasteiger partial charge in [-0.05, 0) is 60.2 Å². The third-order valence-corrected chi connectivity index (χ3v) is 5.25. The lowest BCUT2D eigenvalue weighted by atomic mass is 9.70. The number of phenols is 1. The highest BCUT2D eigenvalue weighted by Gasteiger charge is 2.30. The highest BCUT2D eigenvalue weighted by molar-refractivity contribution is 5.93. The topological polar surface area (TPSA) is 37.3 Å². The van der Waals surface area contributed by atoms with E-state index >= 15 is 0 Å². The van der Waals surface area contributed by atoms with Crippen molar-refractivity contribution in [2.45, 2.75) is 52.4 Å². The zero-order valence-electron chi connectivity index (χ0n) is 15.7. The van der Waals surface area contributed by atoms with Crippen LogP contribution in [0.1, 0.15) is 62.3 Å². The van der Waals surface area contributed by atoms with E-state index in [4.69, 9.17) is 0 Å². The third kappa shape index (κ3) is 4.01. The van der Waals surface area contributed by atoms with Crippen molar-refractivity contribution in [1.29, 1.82) is 0 Å². The Morgan fingerprint density at radius 3 is 2.12 bits per heavy atom. The molecule has 0 aliphatic heterocycles. The fraction of sp³-hybridized carbons (Fsp3) is 0.348. The van der Waals surface area contributed by atoms with Gasteiger partial charge in [-0.2, -0.15) is 0 Å². The SMILES string of the molecule is CCC(=O)/C=C/c1ccc(C(CC)(CC)c2ccc(O)cc2)cc1C. The van der Waals surface area contributed by atoms with Crippen LogP contribution in [0.3, 0.4) is 0 Å².